The monoisotopic (exact) mass is 367 g/mol. The second-order valence-electron chi connectivity index (χ2n) is 6.27. The largest absolute Gasteiger partial charge is 0.493 e. The number of ether oxygens (including phenoxy) is 2. The van der Waals surface area contributed by atoms with Crippen molar-refractivity contribution in [3.63, 3.8) is 0 Å². The van der Waals surface area contributed by atoms with Crippen LogP contribution in [0.3, 0.4) is 0 Å². The summed E-state index contributed by atoms with van der Waals surface area (Å²) in [5.41, 5.74) is 2.76. The lowest BCUT2D eigenvalue weighted by atomic mass is 10.2. The van der Waals surface area contributed by atoms with E-state index in [-0.39, 0.29) is 12.4 Å². The average Bonchev–Trinajstić information content (AvgIpc) is 2.67. The molecule has 0 aliphatic carbocycles. The number of rotatable bonds is 8. The van der Waals surface area contributed by atoms with Crippen LogP contribution in [0.15, 0.2) is 61.1 Å². The van der Waals surface area contributed by atoms with E-state index in [0.717, 1.165) is 23.4 Å². The van der Waals surface area contributed by atoms with Crippen molar-refractivity contribution in [3.8, 4) is 11.5 Å². The van der Waals surface area contributed by atoms with Crippen LogP contribution in [0.4, 0.5) is 4.39 Å². The van der Waals surface area contributed by atoms with Gasteiger partial charge in [-0.2, -0.15) is 0 Å². The van der Waals surface area contributed by atoms with Crippen LogP contribution in [0.25, 0.3) is 0 Å². The van der Waals surface area contributed by atoms with Crippen LogP contribution in [0.5, 0.6) is 11.5 Å². The fraction of sp³-hybridized carbons (Fsp3) is 0.238. The van der Waals surface area contributed by atoms with Crippen molar-refractivity contribution >= 4 is 0 Å². The zero-order chi connectivity index (χ0) is 19.1. The highest BCUT2D eigenvalue weighted by Crippen LogP contribution is 2.29. The predicted molar refractivity (Wildman–Crippen MR) is 101 cm³/mol. The molecule has 2 aromatic carbocycles. The Balaban J connectivity index is 1.67. The molecule has 0 saturated heterocycles. The van der Waals surface area contributed by atoms with E-state index in [9.17, 15) is 4.39 Å². The smallest absolute Gasteiger partial charge is 0.161 e. The van der Waals surface area contributed by atoms with Crippen LogP contribution in [-0.4, -0.2) is 29.0 Å². The van der Waals surface area contributed by atoms with Crippen LogP contribution in [-0.2, 0) is 19.7 Å². The number of aromatic nitrogens is 2. The molecular formula is C21H22FN3O2. The summed E-state index contributed by atoms with van der Waals surface area (Å²) in [6.07, 6.45) is 5.11. The Kier molecular flexibility index (Phi) is 6.33. The highest BCUT2D eigenvalue weighted by Gasteiger charge is 2.09. The minimum absolute atomic E-state index is 0.271. The third-order valence-corrected chi connectivity index (χ3v) is 4.01. The number of nitrogens with zero attached hydrogens (tertiary/aromatic N) is 3. The van der Waals surface area contributed by atoms with E-state index in [0.29, 0.717) is 18.0 Å². The molecule has 1 aromatic heterocycles. The lowest BCUT2D eigenvalue weighted by molar-refractivity contribution is 0.281. The Bertz CT molecular complexity index is 874. The minimum Gasteiger partial charge on any atom is -0.493 e. The van der Waals surface area contributed by atoms with Gasteiger partial charge in [-0.25, -0.2) is 4.39 Å². The number of hydrogen-bond acceptors (Lipinski definition) is 5. The normalized spacial score (nSPS) is 10.8. The van der Waals surface area contributed by atoms with Gasteiger partial charge in [0.1, 0.15) is 12.4 Å². The van der Waals surface area contributed by atoms with E-state index in [1.165, 1.54) is 12.1 Å². The fourth-order valence-electron chi connectivity index (χ4n) is 2.78. The van der Waals surface area contributed by atoms with Crippen molar-refractivity contribution in [2.45, 2.75) is 19.7 Å². The second kappa shape index (κ2) is 9.09. The summed E-state index contributed by atoms with van der Waals surface area (Å²) in [4.78, 5) is 10.5. The molecule has 27 heavy (non-hydrogen) atoms. The maximum absolute atomic E-state index is 13.3. The summed E-state index contributed by atoms with van der Waals surface area (Å²) < 4.78 is 24.6. The molecule has 0 amide bonds. The highest BCUT2D eigenvalue weighted by molar-refractivity contribution is 5.43. The van der Waals surface area contributed by atoms with Crippen LogP contribution < -0.4 is 9.47 Å². The van der Waals surface area contributed by atoms with Gasteiger partial charge < -0.3 is 9.47 Å². The van der Waals surface area contributed by atoms with Gasteiger partial charge in [-0.3, -0.25) is 14.9 Å². The third kappa shape index (κ3) is 5.49. The number of methoxy groups -OCH3 is 1. The Morgan fingerprint density at radius 1 is 1.00 bits per heavy atom. The molecular weight excluding hydrogens is 345 g/mol. The van der Waals surface area contributed by atoms with Gasteiger partial charge in [-0.1, -0.05) is 18.2 Å². The average molecular weight is 367 g/mol. The lowest BCUT2D eigenvalue weighted by Gasteiger charge is -2.18. The number of benzene rings is 2. The van der Waals surface area contributed by atoms with E-state index in [4.69, 9.17) is 9.47 Å². The quantitative estimate of drug-likeness (QED) is 0.605. The molecule has 6 heteroatoms. The topological polar surface area (TPSA) is 47.5 Å². The summed E-state index contributed by atoms with van der Waals surface area (Å²) in [6.45, 7) is 1.68. The van der Waals surface area contributed by atoms with Crippen molar-refractivity contribution < 1.29 is 13.9 Å². The lowest BCUT2D eigenvalue weighted by Crippen LogP contribution is -2.18. The van der Waals surface area contributed by atoms with Crippen molar-refractivity contribution in [2.75, 3.05) is 14.2 Å². The maximum Gasteiger partial charge on any atom is 0.161 e. The molecule has 0 fully saturated rings. The zero-order valence-corrected chi connectivity index (χ0v) is 15.4. The molecule has 0 N–H and O–H groups in total. The predicted octanol–water partition coefficient (Wildman–Crippen LogP) is 3.84. The third-order valence-electron chi connectivity index (χ3n) is 4.01. The maximum atomic E-state index is 13.3. The van der Waals surface area contributed by atoms with Crippen molar-refractivity contribution in [3.05, 3.63) is 83.7 Å². The molecule has 140 valence electrons. The van der Waals surface area contributed by atoms with Crippen molar-refractivity contribution in [1.29, 1.82) is 0 Å². The molecule has 0 radical (unpaired) electrons. The Morgan fingerprint density at radius 3 is 2.63 bits per heavy atom. The second-order valence-corrected chi connectivity index (χ2v) is 6.27. The number of halogens is 1. The van der Waals surface area contributed by atoms with E-state index in [1.807, 2.05) is 31.3 Å². The molecule has 0 aliphatic heterocycles. The van der Waals surface area contributed by atoms with E-state index in [2.05, 4.69) is 14.9 Å². The molecule has 0 bridgehead atoms. The van der Waals surface area contributed by atoms with Gasteiger partial charge in [0.15, 0.2) is 11.5 Å². The molecule has 3 rings (SSSR count). The van der Waals surface area contributed by atoms with Gasteiger partial charge in [-0.15, -0.1) is 0 Å². The molecule has 1 heterocycles. The van der Waals surface area contributed by atoms with Gasteiger partial charge >= 0.3 is 0 Å². The summed E-state index contributed by atoms with van der Waals surface area (Å²) in [5, 5.41) is 0. The Labute approximate surface area is 158 Å². The highest BCUT2D eigenvalue weighted by atomic mass is 19.1. The summed E-state index contributed by atoms with van der Waals surface area (Å²) in [5.74, 6) is 1.00. The molecule has 0 atom stereocenters. The van der Waals surface area contributed by atoms with Crippen LogP contribution in [0.1, 0.15) is 16.8 Å². The SMILES string of the molecule is COc1ccc(CN(C)Cc2cnccn2)cc1OCc1cccc(F)c1. The summed E-state index contributed by atoms with van der Waals surface area (Å²) >= 11 is 0. The molecule has 3 aromatic rings. The fourth-order valence-corrected chi connectivity index (χ4v) is 2.78. The Hall–Kier alpha value is -2.99. The first-order valence-electron chi connectivity index (χ1n) is 8.61. The van der Waals surface area contributed by atoms with Crippen LogP contribution in [0.2, 0.25) is 0 Å². The van der Waals surface area contributed by atoms with Gasteiger partial charge in [0.25, 0.3) is 0 Å². The standard InChI is InChI=1S/C21H22FN3O2/c1-25(14-19-12-23-8-9-24-19)13-16-6-7-20(26-2)21(11-16)27-15-17-4-3-5-18(22)10-17/h3-12H,13-15H2,1-2H3. The van der Waals surface area contributed by atoms with Gasteiger partial charge in [0.2, 0.25) is 0 Å². The van der Waals surface area contributed by atoms with Gasteiger partial charge in [0.05, 0.1) is 12.8 Å². The van der Waals surface area contributed by atoms with E-state index in [1.54, 1.807) is 31.8 Å². The zero-order valence-electron chi connectivity index (χ0n) is 15.4. The Morgan fingerprint density at radius 2 is 1.89 bits per heavy atom. The minimum atomic E-state index is -0.276. The van der Waals surface area contributed by atoms with E-state index >= 15 is 0 Å². The first kappa shape index (κ1) is 18.8. The number of hydrogen-bond donors (Lipinski definition) is 0. The van der Waals surface area contributed by atoms with Gasteiger partial charge in [-0.05, 0) is 42.4 Å². The molecule has 5 nitrogen and oxygen atoms in total. The first-order chi connectivity index (χ1) is 13.1. The van der Waals surface area contributed by atoms with Crippen LogP contribution >= 0.6 is 0 Å². The van der Waals surface area contributed by atoms with Crippen molar-refractivity contribution in [2.24, 2.45) is 0 Å². The van der Waals surface area contributed by atoms with Crippen LogP contribution in [0, 0.1) is 5.82 Å². The van der Waals surface area contributed by atoms with Crippen molar-refractivity contribution in [1.82, 2.24) is 14.9 Å². The van der Waals surface area contributed by atoms with Gasteiger partial charge in [0, 0.05) is 31.7 Å². The molecule has 0 unspecified atom stereocenters. The van der Waals surface area contributed by atoms with E-state index < -0.39 is 0 Å². The molecule has 0 saturated carbocycles. The molecule has 0 aliphatic rings. The summed E-state index contributed by atoms with van der Waals surface area (Å²) in [7, 11) is 3.62. The summed E-state index contributed by atoms with van der Waals surface area (Å²) in [6, 6.07) is 12.2. The first-order valence-corrected chi connectivity index (χ1v) is 8.61. The molecule has 0 spiro atoms.